The molecule has 1 fully saturated rings. The van der Waals surface area contributed by atoms with E-state index in [2.05, 4.69) is 30.3 Å². The zero-order chi connectivity index (χ0) is 10.4. The van der Waals surface area contributed by atoms with Gasteiger partial charge in [-0.1, -0.05) is 13.8 Å². The standard InChI is InChI=1S/C11H24N2S/c1-4-11-9-13(8-6-12-11)7-5-10(2)14-3/h10-12H,4-9H2,1-3H3. The van der Waals surface area contributed by atoms with Crippen LogP contribution in [0.1, 0.15) is 26.7 Å². The fraction of sp³-hybridized carbons (Fsp3) is 1.00. The summed E-state index contributed by atoms with van der Waals surface area (Å²) in [6, 6.07) is 0.730. The molecular formula is C11H24N2S. The lowest BCUT2D eigenvalue weighted by molar-refractivity contribution is 0.195. The van der Waals surface area contributed by atoms with E-state index < -0.39 is 0 Å². The maximum Gasteiger partial charge on any atom is 0.0192 e. The highest BCUT2D eigenvalue weighted by Gasteiger charge is 2.17. The van der Waals surface area contributed by atoms with E-state index in [4.69, 9.17) is 0 Å². The average Bonchev–Trinajstić information content (AvgIpc) is 2.26. The van der Waals surface area contributed by atoms with Crippen LogP contribution in [-0.4, -0.2) is 48.6 Å². The second-order valence-electron chi connectivity index (χ2n) is 4.19. The second-order valence-corrected chi connectivity index (χ2v) is 5.47. The van der Waals surface area contributed by atoms with Crippen LogP contribution >= 0.6 is 11.8 Å². The Labute approximate surface area is 92.8 Å². The third kappa shape index (κ3) is 4.20. The molecule has 1 heterocycles. The molecule has 0 aromatic carbocycles. The Kier molecular flexibility index (Phi) is 5.90. The fourth-order valence-corrected chi connectivity index (χ4v) is 2.19. The quantitative estimate of drug-likeness (QED) is 0.754. The van der Waals surface area contributed by atoms with Crippen molar-refractivity contribution in [3.63, 3.8) is 0 Å². The van der Waals surface area contributed by atoms with Gasteiger partial charge in [-0.2, -0.15) is 11.8 Å². The third-order valence-electron chi connectivity index (χ3n) is 3.09. The van der Waals surface area contributed by atoms with Gasteiger partial charge in [0.25, 0.3) is 0 Å². The molecule has 0 amide bonds. The molecule has 0 spiro atoms. The molecule has 2 unspecified atom stereocenters. The van der Waals surface area contributed by atoms with Gasteiger partial charge in [-0.15, -0.1) is 0 Å². The number of hydrogen-bond donors (Lipinski definition) is 1. The van der Waals surface area contributed by atoms with Crippen LogP contribution in [0.15, 0.2) is 0 Å². The van der Waals surface area contributed by atoms with Crippen molar-refractivity contribution in [2.24, 2.45) is 0 Å². The first kappa shape index (κ1) is 12.3. The molecule has 1 rings (SSSR count). The molecule has 2 nitrogen and oxygen atoms in total. The van der Waals surface area contributed by atoms with Crippen LogP contribution in [-0.2, 0) is 0 Å². The average molecular weight is 216 g/mol. The first-order valence-electron chi connectivity index (χ1n) is 5.74. The van der Waals surface area contributed by atoms with Crippen LogP contribution in [0, 0.1) is 0 Å². The van der Waals surface area contributed by atoms with Crippen molar-refractivity contribution >= 4 is 11.8 Å². The maximum atomic E-state index is 3.55. The van der Waals surface area contributed by atoms with Crippen LogP contribution in [0.25, 0.3) is 0 Å². The Morgan fingerprint density at radius 1 is 1.57 bits per heavy atom. The van der Waals surface area contributed by atoms with E-state index in [1.54, 1.807) is 0 Å². The Balaban J connectivity index is 2.17. The van der Waals surface area contributed by atoms with Gasteiger partial charge < -0.3 is 10.2 Å². The summed E-state index contributed by atoms with van der Waals surface area (Å²) in [7, 11) is 0. The van der Waals surface area contributed by atoms with E-state index in [0.717, 1.165) is 11.3 Å². The van der Waals surface area contributed by atoms with Gasteiger partial charge in [0, 0.05) is 30.9 Å². The highest BCUT2D eigenvalue weighted by Crippen LogP contribution is 2.11. The molecule has 1 N–H and O–H groups in total. The Morgan fingerprint density at radius 3 is 3.00 bits per heavy atom. The van der Waals surface area contributed by atoms with Gasteiger partial charge in [-0.05, 0) is 25.6 Å². The van der Waals surface area contributed by atoms with Crippen molar-refractivity contribution in [1.82, 2.24) is 10.2 Å². The molecule has 0 saturated carbocycles. The van der Waals surface area contributed by atoms with E-state index in [-0.39, 0.29) is 0 Å². The summed E-state index contributed by atoms with van der Waals surface area (Å²) in [5.41, 5.74) is 0. The molecule has 3 heteroatoms. The van der Waals surface area contributed by atoms with Crippen molar-refractivity contribution in [2.75, 3.05) is 32.4 Å². The van der Waals surface area contributed by atoms with Crippen molar-refractivity contribution in [2.45, 2.75) is 38.0 Å². The molecule has 1 aliphatic heterocycles. The van der Waals surface area contributed by atoms with Gasteiger partial charge in [-0.3, -0.25) is 0 Å². The molecule has 1 aliphatic rings. The van der Waals surface area contributed by atoms with Crippen LogP contribution in [0.4, 0.5) is 0 Å². The normalized spacial score (nSPS) is 26.4. The minimum Gasteiger partial charge on any atom is -0.311 e. The van der Waals surface area contributed by atoms with Crippen molar-refractivity contribution in [3.8, 4) is 0 Å². The lowest BCUT2D eigenvalue weighted by atomic mass is 10.1. The number of hydrogen-bond acceptors (Lipinski definition) is 3. The lowest BCUT2D eigenvalue weighted by Crippen LogP contribution is -2.50. The van der Waals surface area contributed by atoms with Crippen molar-refractivity contribution < 1.29 is 0 Å². The number of nitrogens with one attached hydrogen (secondary N) is 1. The minimum atomic E-state index is 0.730. The molecule has 0 bridgehead atoms. The summed E-state index contributed by atoms with van der Waals surface area (Å²) in [6.07, 6.45) is 4.80. The van der Waals surface area contributed by atoms with E-state index in [0.29, 0.717) is 0 Å². The number of rotatable bonds is 5. The first-order valence-corrected chi connectivity index (χ1v) is 7.03. The second kappa shape index (κ2) is 6.70. The van der Waals surface area contributed by atoms with Gasteiger partial charge in [0.2, 0.25) is 0 Å². The van der Waals surface area contributed by atoms with Gasteiger partial charge in [0.05, 0.1) is 0 Å². The Hall–Kier alpha value is 0.270. The zero-order valence-electron chi connectivity index (χ0n) is 9.75. The third-order valence-corrected chi connectivity index (χ3v) is 4.13. The van der Waals surface area contributed by atoms with E-state index >= 15 is 0 Å². The van der Waals surface area contributed by atoms with Gasteiger partial charge >= 0.3 is 0 Å². The molecule has 0 aromatic heterocycles. The molecule has 84 valence electrons. The van der Waals surface area contributed by atoms with E-state index in [1.807, 2.05) is 11.8 Å². The lowest BCUT2D eigenvalue weighted by Gasteiger charge is -2.33. The SMILES string of the molecule is CCC1CN(CCC(C)SC)CCN1. The minimum absolute atomic E-state index is 0.730. The Bertz CT molecular complexity index is 152. The van der Waals surface area contributed by atoms with Crippen LogP contribution < -0.4 is 5.32 Å². The van der Waals surface area contributed by atoms with Crippen LogP contribution in [0.2, 0.25) is 0 Å². The molecule has 0 aliphatic carbocycles. The van der Waals surface area contributed by atoms with Crippen molar-refractivity contribution in [1.29, 1.82) is 0 Å². The topological polar surface area (TPSA) is 15.3 Å². The number of nitrogens with zero attached hydrogens (tertiary/aromatic N) is 1. The molecule has 2 atom stereocenters. The monoisotopic (exact) mass is 216 g/mol. The smallest absolute Gasteiger partial charge is 0.0192 e. The maximum absolute atomic E-state index is 3.55. The van der Waals surface area contributed by atoms with E-state index in [1.165, 1.54) is 39.0 Å². The predicted molar refractivity (Wildman–Crippen MR) is 66.1 cm³/mol. The van der Waals surface area contributed by atoms with Gasteiger partial charge in [-0.25, -0.2) is 0 Å². The zero-order valence-corrected chi connectivity index (χ0v) is 10.6. The summed E-state index contributed by atoms with van der Waals surface area (Å²) < 4.78 is 0. The van der Waals surface area contributed by atoms with Crippen LogP contribution in [0.3, 0.4) is 0 Å². The summed E-state index contributed by atoms with van der Waals surface area (Å²) in [5, 5.41) is 4.36. The highest BCUT2D eigenvalue weighted by atomic mass is 32.2. The summed E-state index contributed by atoms with van der Waals surface area (Å²) >= 11 is 1.98. The van der Waals surface area contributed by atoms with Gasteiger partial charge in [0.1, 0.15) is 0 Å². The fourth-order valence-electron chi connectivity index (χ4n) is 1.85. The largest absolute Gasteiger partial charge is 0.311 e. The number of piperazine rings is 1. The van der Waals surface area contributed by atoms with Crippen molar-refractivity contribution in [3.05, 3.63) is 0 Å². The summed E-state index contributed by atoms with van der Waals surface area (Å²) in [5.74, 6) is 0. The highest BCUT2D eigenvalue weighted by molar-refractivity contribution is 7.99. The summed E-state index contributed by atoms with van der Waals surface area (Å²) in [4.78, 5) is 2.61. The molecule has 0 radical (unpaired) electrons. The van der Waals surface area contributed by atoms with Crippen LogP contribution in [0.5, 0.6) is 0 Å². The first-order chi connectivity index (χ1) is 6.76. The predicted octanol–water partition coefficient (Wildman–Crippen LogP) is 1.81. The summed E-state index contributed by atoms with van der Waals surface area (Å²) in [6.45, 7) is 9.53. The van der Waals surface area contributed by atoms with E-state index in [9.17, 15) is 0 Å². The molecule has 14 heavy (non-hydrogen) atoms. The number of thioether (sulfide) groups is 1. The molecular weight excluding hydrogens is 192 g/mol. The molecule has 0 aromatic rings. The Morgan fingerprint density at radius 2 is 2.36 bits per heavy atom. The molecule has 1 saturated heterocycles. The van der Waals surface area contributed by atoms with Gasteiger partial charge in [0.15, 0.2) is 0 Å².